The highest BCUT2D eigenvalue weighted by molar-refractivity contribution is 6.74. The molecule has 0 aromatic rings. The van der Waals surface area contributed by atoms with Crippen molar-refractivity contribution in [2.24, 2.45) is 17.3 Å². The monoisotopic (exact) mass is 298 g/mol. The van der Waals surface area contributed by atoms with Crippen LogP contribution in [0, 0.1) is 17.3 Å². The van der Waals surface area contributed by atoms with Crippen LogP contribution in [0.25, 0.3) is 0 Å². The maximum Gasteiger partial charge on any atom is 0.192 e. The normalized spacial score (nSPS) is 36.7. The van der Waals surface area contributed by atoms with Gasteiger partial charge in [0, 0.05) is 5.92 Å². The summed E-state index contributed by atoms with van der Waals surface area (Å²) in [5, 5.41) is 11.1. The van der Waals surface area contributed by atoms with Gasteiger partial charge in [-0.3, -0.25) is 4.79 Å². The molecule has 3 aliphatic rings. The number of hydrogen-bond donors (Lipinski definition) is 1. The molecule has 116 valence electrons. The van der Waals surface area contributed by atoms with E-state index in [9.17, 15) is 9.90 Å². The smallest absolute Gasteiger partial charge is 0.192 e. The van der Waals surface area contributed by atoms with Gasteiger partial charge in [0.25, 0.3) is 0 Å². The van der Waals surface area contributed by atoms with Gasteiger partial charge in [0.2, 0.25) is 0 Å². The fourth-order valence-corrected chi connectivity index (χ4v) is 4.77. The second-order valence-electron chi connectivity index (χ2n) is 8.90. The first-order valence-electron chi connectivity index (χ1n) is 7.73. The first kappa shape index (κ1) is 16.2. The Hall–Kier alpha value is -0.193. The van der Waals surface area contributed by atoms with E-state index in [1.807, 2.05) is 0 Å². The number of ketones is 1. The van der Waals surface area contributed by atoms with Gasteiger partial charge in [-0.1, -0.05) is 34.6 Å². The van der Waals surface area contributed by atoms with Crippen molar-refractivity contribution in [1.29, 1.82) is 0 Å². The van der Waals surface area contributed by atoms with Crippen LogP contribution in [0.3, 0.4) is 0 Å². The van der Waals surface area contributed by atoms with Gasteiger partial charge in [-0.15, -0.1) is 0 Å². The van der Waals surface area contributed by atoms with Crippen LogP contribution in [0.2, 0.25) is 18.1 Å². The molecular formula is C16H30O3Si. The van der Waals surface area contributed by atoms with Crippen molar-refractivity contribution < 1.29 is 14.3 Å². The van der Waals surface area contributed by atoms with Gasteiger partial charge in [0.05, 0.1) is 18.1 Å². The molecule has 0 aliphatic heterocycles. The van der Waals surface area contributed by atoms with E-state index >= 15 is 0 Å². The number of hydrogen-bond acceptors (Lipinski definition) is 3. The Morgan fingerprint density at radius 1 is 1.35 bits per heavy atom. The molecule has 0 radical (unpaired) electrons. The molecule has 0 amide bonds. The largest absolute Gasteiger partial charge is 0.414 e. The molecule has 0 unspecified atom stereocenters. The lowest BCUT2D eigenvalue weighted by Crippen LogP contribution is -2.69. The molecule has 3 fully saturated rings. The molecule has 3 saturated carbocycles. The van der Waals surface area contributed by atoms with Crippen molar-refractivity contribution in [3.05, 3.63) is 0 Å². The highest BCUT2D eigenvalue weighted by Gasteiger charge is 2.67. The second-order valence-corrected chi connectivity index (χ2v) is 13.7. The summed E-state index contributed by atoms with van der Waals surface area (Å²) in [5.74, 6) is 0.168. The molecule has 4 heteroatoms. The summed E-state index contributed by atoms with van der Waals surface area (Å²) in [4.78, 5) is 12.2. The van der Waals surface area contributed by atoms with E-state index in [0.717, 1.165) is 6.42 Å². The van der Waals surface area contributed by atoms with Crippen molar-refractivity contribution in [3.8, 4) is 0 Å². The highest BCUT2D eigenvalue weighted by atomic mass is 28.4. The minimum Gasteiger partial charge on any atom is -0.414 e. The zero-order chi connectivity index (χ0) is 15.6. The minimum absolute atomic E-state index is 0.0686. The molecule has 0 saturated heterocycles. The van der Waals surface area contributed by atoms with Gasteiger partial charge >= 0.3 is 0 Å². The molecule has 3 aliphatic carbocycles. The summed E-state index contributed by atoms with van der Waals surface area (Å²) < 4.78 is 6.21. The number of carbonyl (C=O) groups is 1. The van der Waals surface area contributed by atoms with Gasteiger partial charge in [-0.25, -0.2) is 0 Å². The Kier molecular flexibility index (Phi) is 3.56. The first-order valence-corrected chi connectivity index (χ1v) is 10.6. The minimum atomic E-state index is -1.89. The molecule has 3 atom stereocenters. The van der Waals surface area contributed by atoms with Crippen LogP contribution in [0.5, 0.6) is 0 Å². The topological polar surface area (TPSA) is 46.5 Å². The van der Waals surface area contributed by atoms with E-state index in [2.05, 4.69) is 47.7 Å². The number of fused-ring (bicyclic) bond motifs is 2. The molecule has 2 bridgehead atoms. The zero-order valence-corrected chi connectivity index (χ0v) is 15.0. The summed E-state index contributed by atoms with van der Waals surface area (Å²) in [6, 6.07) is 0. The molecule has 3 nitrogen and oxygen atoms in total. The third-order valence-electron chi connectivity index (χ3n) is 6.16. The number of rotatable bonds is 3. The lowest BCUT2D eigenvalue weighted by Gasteiger charge is -2.61. The van der Waals surface area contributed by atoms with Crippen LogP contribution < -0.4 is 0 Å². The standard InChI is InChI=1S/C16H30O3Si/c1-14(2,3)20(6,7)19-10-16(18)9-8-11-12(17)13(16)15(11,4)5/h11,13,18H,8-10H2,1-7H3/t11-,13+,16+/m0/s1. The first-order chi connectivity index (χ1) is 8.83. The van der Waals surface area contributed by atoms with Crippen LogP contribution in [-0.2, 0) is 9.22 Å². The Morgan fingerprint density at radius 2 is 1.90 bits per heavy atom. The molecule has 0 spiro atoms. The predicted molar refractivity (Wildman–Crippen MR) is 83.1 cm³/mol. The summed E-state index contributed by atoms with van der Waals surface area (Å²) >= 11 is 0. The Bertz CT molecular complexity index is 422. The molecule has 20 heavy (non-hydrogen) atoms. The molecule has 1 N–H and O–H groups in total. The Balaban J connectivity index is 2.11. The number of carbonyl (C=O) groups excluding carboxylic acids is 1. The fraction of sp³-hybridized carbons (Fsp3) is 0.938. The van der Waals surface area contributed by atoms with E-state index in [-0.39, 0.29) is 28.1 Å². The van der Waals surface area contributed by atoms with Crippen LogP contribution in [0.4, 0.5) is 0 Å². The van der Waals surface area contributed by atoms with Crippen LogP contribution in [-0.4, -0.2) is 31.4 Å². The van der Waals surface area contributed by atoms with E-state index in [4.69, 9.17) is 4.43 Å². The van der Waals surface area contributed by atoms with Gasteiger partial charge in [0.1, 0.15) is 5.78 Å². The van der Waals surface area contributed by atoms with E-state index in [1.165, 1.54) is 0 Å². The molecular weight excluding hydrogens is 268 g/mol. The van der Waals surface area contributed by atoms with Gasteiger partial charge < -0.3 is 9.53 Å². The molecule has 3 rings (SSSR count). The maximum absolute atomic E-state index is 12.2. The quantitative estimate of drug-likeness (QED) is 0.813. The van der Waals surface area contributed by atoms with Gasteiger partial charge in [0.15, 0.2) is 8.32 Å². The lowest BCUT2D eigenvalue weighted by atomic mass is 9.43. The van der Waals surface area contributed by atoms with E-state index in [1.54, 1.807) is 0 Å². The van der Waals surface area contributed by atoms with E-state index in [0.29, 0.717) is 13.0 Å². The van der Waals surface area contributed by atoms with Crippen molar-refractivity contribution in [2.45, 2.75) is 71.2 Å². The number of Topliss-reactive ketones (excluding diaryl/α,β-unsaturated/α-hetero) is 1. The molecule has 0 heterocycles. The fourth-order valence-electron chi connectivity index (χ4n) is 3.73. The van der Waals surface area contributed by atoms with E-state index < -0.39 is 13.9 Å². The highest BCUT2D eigenvalue weighted by Crippen LogP contribution is 2.60. The third kappa shape index (κ3) is 2.20. The second kappa shape index (κ2) is 4.40. The average Bonchev–Trinajstić information content (AvgIpc) is 2.24. The Labute approximate surface area is 124 Å². The van der Waals surface area contributed by atoms with Crippen LogP contribution in [0.15, 0.2) is 0 Å². The Morgan fingerprint density at radius 3 is 2.30 bits per heavy atom. The summed E-state index contributed by atoms with van der Waals surface area (Å²) in [6.45, 7) is 15.5. The maximum atomic E-state index is 12.2. The van der Waals surface area contributed by atoms with Gasteiger partial charge in [-0.05, 0) is 36.4 Å². The lowest BCUT2D eigenvalue weighted by molar-refractivity contribution is -0.207. The van der Waals surface area contributed by atoms with Crippen molar-refractivity contribution in [1.82, 2.24) is 0 Å². The number of aliphatic hydroxyl groups is 1. The van der Waals surface area contributed by atoms with Gasteiger partial charge in [-0.2, -0.15) is 0 Å². The van der Waals surface area contributed by atoms with Crippen LogP contribution in [0.1, 0.15) is 47.5 Å². The predicted octanol–water partition coefficient (Wildman–Crippen LogP) is 3.37. The summed E-state index contributed by atoms with van der Waals surface area (Å²) in [6.07, 6.45) is 1.51. The SMILES string of the molecule is CC1(C)[C@H]2C(=O)[C@@H]1CC[C@@]2(O)CO[Si](C)(C)C(C)(C)C. The molecule has 0 aromatic carbocycles. The van der Waals surface area contributed by atoms with Crippen molar-refractivity contribution >= 4 is 14.1 Å². The molecule has 0 aromatic heterocycles. The van der Waals surface area contributed by atoms with Crippen LogP contribution >= 0.6 is 0 Å². The average molecular weight is 298 g/mol. The third-order valence-corrected chi connectivity index (χ3v) is 10.6. The summed E-state index contributed by atoms with van der Waals surface area (Å²) in [5.41, 5.74) is -1.02. The zero-order valence-electron chi connectivity index (χ0n) is 14.0. The van der Waals surface area contributed by atoms with Crippen molar-refractivity contribution in [2.75, 3.05) is 6.61 Å². The van der Waals surface area contributed by atoms with Crippen molar-refractivity contribution in [3.63, 3.8) is 0 Å². The summed E-state index contributed by atoms with van der Waals surface area (Å²) in [7, 11) is -1.89.